The van der Waals surface area contributed by atoms with Crippen LogP contribution in [0.5, 0.6) is 0 Å². The predicted octanol–water partition coefficient (Wildman–Crippen LogP) is 2.53. The smallest absolute Gasteiger partial charge is 0.414 e. The molecule has 6 nitrogen and oxygen atoms in total. The first kappa shape index (κ1) is 16.7. The van der Waals surface area contributed by atoms with E-state index < -0.39 is 0 Å². The van der Waals surface area contributed by atoms with E-state index in [9.17, 15) is 9.59 Å². The molecule has 3 rings (SSSR count). The minimum atomic E-state index is -0.292. The molecule has 0 spiro atoms. The van der Waals surface area contributed by atoms with E-state index in [2.05, 4.69) is 12.2 Å². The average Bonchev–Trinajstić information content (AvgIpc) is 3.14. The maximum Gasteiger partial charge on any atom is 0.414 e. The van der Waals surface area contributed by atoms with Crippen LogP contribution in [0.1, 0.15) is 24.2 Å². The Morgan fingerprint density at radius 3 is 2.88 bits per heavy atom. The summed E-state index contributed by atoms with van der Waals surface area (Å²) in [7, 11) is 0. The number of ether oxygens (including phenoxy) is 1. The van der Waals surface area contributed by atoms with Gasteiger partial charge in [-0.25, -0.2) is 4.79 Å². The lowest BCUT2D eigenvalue weighted by Gasteiger charge is -2.18. The number of carbonyl (C=O) groups is 1. The third-order valence-corrected chi connectivity index (χ3v) is 5.09. The zero-order chi connectivity index (χ0) is 17.1. The van der Waals surface area contributed by atoms with E-state index in [1.807, 2.05) is 36.6 Å². The quantitative estimate of drug-likeness (QED) is 0.872. The van der Waals surface area contributed by atoms with Crippen molar-refractivity contribution in [1.29, 1.82) is 0 Å². The number of thiazole rings is 1. The van der Waals surface area contributed by atoms with Crippen molar-refractivity contribution in [2.24, 2.45) is 0 Å². The number of hydrogen-bond donors (Lipinski definition) is 1. The molecule has 1 atom stereocenters. The molecule has 1 aliphatic heterocycles. The molecule has 1 aromatic heterocycles. The molecular weight excluding hydrogens is 326 g/mol. The fraction of sp³-hybridized carbons (Fsp3) is 0.412. The van der Waals surface area contributed by atoms with Crippen molar-refractivity contribution < 1.29 is 9.53 Å². The van der Waals surface area contributed by atoms with Crippen molar-refractivity contribution in [2.45, 2.75) is 26.4 Å². The highest BCUT2D eigenvalue weighted by Crippen LogP contribution is 2.23. The molecule has 0 saturated carbocycles. The molecule has 1 fully saturated rings. The third kappa shape index (κ3) is 3.52. The van der Waals surface area contributed by atoms with Crippen LogP contribution in [0.4, 0.5) is 10.5 Å². The summed E-state index contributed by atoms with van der Waals surface area (Å²) in [5.74, 6) is 0. The molecule has 1 saturated heterocycles. The van der Waals surface area contributed by atoms with Crippen LogP contribution in [0, 0.1) is 6.92 Å². The molecule has 24 heavy (non-hydrogen) atoms. The van der Waals surface area contributed by atoms with Gasteiger partial charge in [0.15, 0.2) is 0 Å². The van der Waals surface area contributed by atoms with Crippen molar-refractivity contribution in [3.8, 4) is 0 Å². The van der Waals surface area contributed by atoms with Crippen molar-refractivity contribution >= 4 is 23.1 Å². The number of rotatable bonds is 6. The van der Waals surface area contributed by atoms with E-state index in [1.54, 1.807) is 9.47 Å². The molecule has 2 heterocycles. The molecule has 1 aliphatic rings. The fourth-order valence-corrected chi connectivity index (χ4v) is 3.54. The maximum absolute atomic E-state index is 11.7. The van der Waals surface area contributed by atoms with Gasteiger partial charge in [0.05, 0.1) is 6.54 Å². The summed E-state index contributed by atoms with van der Waals surface area (Å²) in [5.41, 5.74) is 2.95. The number of amides is 1. The molecule has 128 valence electrons. The minimum Gasteiger partial charge on any atom is -0.447 e. The Labute approximate surface area is 144 Å². The van der Waals surface area contributed by atoms with E-state index in [1.165, 1.54) is 11.3 Å². The highest BCUT2D eigenvalue weighted by Gasteiger charge is 2.23. The lowest BCUT2D eigenvalue weighted by Crippen LogP contribution is -2.27. The van der Waals surface area contributed by atoms with Gasteiger partial charge in [-0.3, -0.25) is 9.69 Å². The monoisotopic (exact) mass is 347 g/mol. The Balaban J connectivity index is 1.62. The van der Waals surface area contributed by atoms with Crippen LogP contribution < -0.4 is 15.1 Å². The summed E-state index contributed by atoms with van der Waals surface area (Å²) < 4.78 is 6.77. The number of benzene rings is 1. The number of aryl methyl sites for hydroxylation is 1. The van der Waals surface area contributed by atoms with E-state index in [-0.39, 0.29) is 17.0 Å². The molecule has 2 aromatic rings. The number of carbonyl (C=O) groups excluding carboxylic acids is 1. The lowest BCUT2D eigenvalue weighted by molar-refractivity contribution is 0.181. The van der Waals surface area contributed by atoms with Crippen molar-refractivity contribution in [1.82, 2.24) is 9.88 Å². The Morgan fingerprint density at radius 2 is 2.21 bits per heavy atom. The topological polar surface area (TPSA) is 63.6 Å². The van der Waals surface area contributed by atoms with Gasteiger partial charge in [-0.15, -0.1) is 0 Å². The van der Waals surface area contributed by atoms with Crippen LogP contribution in [-0.2, 0) is 11.3 Å². The second-order valence-electron chi connectivity index (χ2n) is 5.83. The van der Waals surface area contributed by atoms with Crippen molar-refractivity contribution in [3.05, 3.63) is 50.6 Å². The van der Waals surface area contributed by atoms with Gasteiger partial charge < -0.3 is 14.6 Å². The van der Waals surface area contributed by atoms with Gasteiger partial charge in [-0.05, 0) is 31.5 Å². The molecule has 0 bridgehead atoms. The molecule has 1 N–H and O–H groups in total. The largest absolute Gasteiger partial charge is 0.447 e. The van der Waals surface area contributed by atoms with Crippen LogP contribution in [-0.4, -0.2) is 30.4 Å². The van der Waals surface area contributed by atoms with Crippen molar-refractivity contribution in [3.63, 3.8) is 0 Å². The minimum absolute atomic E-state index is 0.0801. The van der Waals surface area contributed by atoms with Gasteiger partial charge in [-0.1, -0.05) is 23.5 Å². The Kier molecular flexibility index (Phi) is 5.01. The van der Waals surface area contributed by atoms with Gasteiger partial charge in [0.2, 0.25) is 0 Å². The van der Waals surface area contributed by atoms with E-state index in [0.717, 1.165) is 16.9 Å². The van der Waals surface area contributed by atoms with Gasteiger partial charge in [0, 0.05) is 35.9 Å². The summed E-state index contributed by atoms with van der Waals surface area (Å²) in [4.78, 5) is 25.1. The van der Waals surface area contributed by atoms with Crippen LogP contribution in [0.2, 0.25) is 0 Å². The average molecular weight is 347 g/mol. The second-order valence-corrected chi connectivity index (χ2v) is 6.65. The molecule has 7 heteroatoms. The van der Waals surface area contributed by atoms with Crippen molar-refractivity contribution in [2.75, 3.05) is 24.6 Å². The lowest BCUT2D eigenvalue weighted by atomic mass is 10.1. The van der Waals surface area contributed by atoms with E-state index in [0.29, 0.717) is 26.2 Å². The fourth-order valence-electron chi connectivity index (χ4n) is 2.78. The second kappa shape index (κ2) is 7.19. The summed E-state index contributed by atoms with van der Waals surface area (Å²) in [6.45, 7) is 6.39. The number of nitrogens with one attached hydrogen (secondary N) is 1. The number of anilines is 1. The SMILES string of the molecule is Cc1csc(=O)n1CCNC(C)c1cccc(N2CCOC2=O)c1. The van der Waals surface area contributed by atoms with Crippen LogP contribution >= 0.6 is 11.3 Å². The van der Waals surface area contributed by atoms with Gasteiger partial charge in [-0.2, -0.15) is 0 Å². The summed E-state index contributed by atoms with van der Waals surface area (Å²) in [6.07, 6.45) is -0.292. The molecule has 1 amide bonds. The normalized spacial score (nSPS) is 15.6. The molecule has 1 unspecified atom stereocenters. The van der Waals surface area contributed by atoms with Gasteiger partial charge in [0.25, 0.3) is 0 Å². The number of hydrogen-bond acceptors (Lipinski definition) is 5. The zero-order valence-corrected chi connectivity index (χ0v) is 14.6. The first-order valence-electron chi connectivity index (χ1n) is 7.99. The Hall–Kier alpha value is -2.12. The molecule has 1 aromatic carbocycles. The van der Waals surface area contributed by atoms with Crippen LogP contribution in [0.3, 0.4) is 0 Å². The molecular formula is C17H21N3O3S. The third-order valence-electron chi connectivity index (χ3n) is 4.21. The summed E-state index contributed by atoms with van der Waals surface area (Å²) >= 11 is 1.23. The highest BCUT2D eigenvalue weighted by molar-refractivity contribution is 7.07. The standard InChI is InChI=1S/C17H21N3O3S/c1-12-11-24-17(22)19(12)7-6-18-13(2)14-4-3-5-15(10-14)20-8-9-23-16(20)21/h3-5,10-11,13,18H,6-9H2,1-2H3. The predicted molar refractivity (Wildman–Crippen MR) is 94.9 cm³/mol. The Bertz CT molecular complexity index is 783. The van der Waals surface area contributed by atoms with Gasteiger partial charge in [0.1, 0.15) is 6.61 Å². The first-order valence-corrected chi connectivity index (χ1v) is 8.87. The first-order chi connectivity index (χ1) is 11.6. The van der Waals surface area contributed by atoms with E-state index in [4.69, 9.17) is 4.74 Å². The zero-order valence-electron chi connectivity index (χ0n) is 13.8. The summed E-state index contributed by atoms with van der Waals surface area (Å²) in [5, 5.41) is 5.31. The maximum atomic E-state index is 11.7. The molecule has 0 aliphatic carbocycles. The Morgan fingerprint density at radius 1 is 1.38 bits per heavy atom. The van der Waals surface area contributed by atoms with Crippen LogP contribution in [0.15, 0.2) is 34.4 Å². The number of aromatic nitrogens is 1. The van der Waals surface area contributed by atoms with Crippen LogP contribution in [0.25, 0.3) is 0 Å². The molecule has 0 radical (unpaired) electrons. The van der Waals surface area contributed by atoms with E-state index >= 15 is 0 Å². The summed E-state index contributed by atoms with van der Waals surface area (Å²) in [6, 6.07) is 8.02. The highest BCUT2D eigenvalue weighted by atomic mass is 32.1. The number of cyclic esters (lactones) is 1. The number of nitrogens with zero attached hydrogens (tertiary/aromatic N) is 2. The van der Waals surface area contributed by atoms with Gasteiger partial charge >= 0.3 is 11.0 Å².